The van der Waals surface area contributed by atoms with Gasteiger partial charge in [0, 0.05) is 12.1 Å². The normalized spacial score (nSPS) is 16.6. The number of rotatable bonds is 5. The van der Waals surface area contributed by atoms with Crippen molar-refractivity contribution in [1.29, 1.82) is 0 Å². The molecule has 1 aromatic rings. The summed E-state index contributed by atoms with van der Waals surface area (Å²) in [4.78, 5) is 22.2. The highest BCUT2D eigenvalue weighted by Crippen LogP contribution is 2.34. The number of benzene rings is 1. The van der Waals surface area contributed by atoms with Crippen LogP contribution in [0.15, 0.2) is 24.3 Å². The molecule has 1 saturated carbocycles. The van der Waals surface area contributed by atoms with Gasteiger partial charge < -0.3 is 4.74 Å². The first kappa shape index (κ1) is 14.5. The second-order valence-corrected chi connectivity index (χ2v) is 5.61. The quantitative estimate of drug-likeness (QED) is 0.468. The van der Waals surface area contributed by atoms with E-state index in [2.05, 4.69) is 0 Å². The van der Waals surface area contributed by atoms with Crippen LogP contribution in [0, 0.1) is 22.0 Å². The van der Waals surface area contributed by atoms with Gasteiger partial charge in [0.15, 0.2) is 0 Å². The third kappa shape index (κ3) is 3.15. The molecule has 0 aliphatic heterocycles. The number of hydrogen-bond acceptors (Lipinski definition) is 4. The second kappa shape index (κ2) is 6.03. The van der Waals surface area contributed by atoms with Crippen LogP contribution in [0.4, 0.5) is 5.69 Å². The SMILES string of the molecule is CC(C)C(OC(=O)c1ccc([N+](=O)[O-])cc1)C1CCC1. The molecule has 1 aliphatic rings. The Labute approximate surface area is 118 Å². The van der Waals surface area contributed by atoms with Crippen molar-refractivity contribution >= 4 is 11.7 Å². The molecule has 0 aromatic heterocycles. The molecule has 5 nitrogen and oxygen atoms in total. The van der Waals surface area contributed by atoms with Gasteiger partial charge in [-0.05, 0) is 36.8 Å². The molecule has 0 spiro atoms. The molecule has 0 radical (unpaired) electrons. The summed E-state index contributed by atoms with van der Waals surface area (Å²) in [6, 6.07) is 5.53. The van der Waals surface area contributed by atoms with Crippen LogP contribution in [-0.2, 0) is 4.74 Å². The molecule has 0 heterocycles. The van der Waals surface area contributed by atoms with Gasteiger partial charge in [-0.25, -0.2) is 4.79 Å². The lowest BCUT2D eigenvalue weighted by Gasteiger charge is -2.35. The van der Waals surface area contributed by atoms with Crippen molar-refractivity contribution in [2.75, 3.05) is 0 Å². The Bertz CT molecular complexity index is 491. The number of hydrogen-bond donors (Lipinski definition) is 0. The Kier molecular flexibility index (Phi) is 4.37. The van der Waals surface area contributed by atoms with Crippen molar-refractivity contribution in [3.63, 3.8) is 0 Å². The lowest BCUT2D eigenvalue weighted by molar-refractivity contribution is -0.384. The Hall–Kier alpha value is -1.91. The first-order valence-corrected chi connectivity index (χ1v) is 6.94. The highest BCUT2D eigenvalue weighted by atomic mass is 16.6. The van der Waals surface area contributed by atoms with E-state index in [-0.39, 0.29) is 17.7 Å². The monoisotopic (exact) mass is 277 g/mol. The Morgan fingerprint density at radius 3 is 2.30 bits per heavy atom. The lowest BCUT2D eigenvalue weighted by Crippen LogP contribution is -2.35. The summed E-state index contributed by atoms with van der Waals surface area (Å²) in [6.07, 6.45) is 3.35. The third-order valence-electron chi connectivity index (χ3n) is 3.83. The van der Waals surface area contributed by atoms with Crippen molar-refractivity contribution in [2.24, 2.45) is 11.8 Å². The number of nitrogens with zero attached hydrogens (tertiary/aromatic N) is 1. The molecule has 2 rings (SSSR count). The molecule has 108 valence electrons. The molecular weight excluding hydrogens is 258 g/mol. The zero-order valence-corrected chi connectivity index (χ0v) is 11.7. The second-order valence-electron chi connectivity index (χ2n) is 5.61. The van der Waals surface area contributed by atoms with Gasteiger partial charge >= 0.3 is 5.97 Å². The highest BCUT2D eigenvalue weighted by molar-refractivity contribution is 5.89. The van der Waals surface area contributed by atoms with Gasteiger partial charge in [-0.3, -0.25) is 10.1 Å². The summed E-state index contributed by atoms with van der Waals surface area (Å²) in [5, 5.41) is 10.6. The van der Waals surface area contributed by atoms with Crippen LogP contribution < -0.4 is 0 Å². The summed E-state index contributed by atoms with van der Waals surface area (Å²) < 4.78 is 5.59. The van der Waals surface area contributed by atoms with Gasteiger partial charge in [0.1, 0.15) is 6.10 Å². The molecule has 0 bridgehead atoms. The molecule has 1 atom stereocenters. The smallest absolute Gasteiger partial charge is 0.338 e. The number of non-ortho nitro benzene ring substituents is 1. The molecule has 0 saturated heterocycles. The topological polar surface area (TPSA) is 69.4 Å². The predicted octanol–water partition coefficient (Wildman–Crippen LogP) is 3.58. The molecule has 1 unspecified atom stereocenters. The van der Waals surface area contributed by atoms with Crippen molar-refractivity contribution in [2.45, 2.75) is 39.2 Å². The largest absolute Gasteiger partial charge is 0.458 e. The minimum Gasteiger partial charge on any atom is -0.458 e. The van der Waals surface area contributed by atoms with E-state index in [1.54, 1.807) is 0 Å². The van der Waals surface area contributed by atoms with Gasteiger partial charge in [-0.2, -0.15) is 0 Å². The molecule has 1 aliphatic carbocycles. The maximum absolute atomic E-state index is 12.1. The summed E-state index contributed by atoms with van der Waals surface area (Å²) in [5.41, 5.74) is 0.335. The fourth-order valence-electron chi connectivity index (χ4n) is 2.46. The zero-order chi connectivity index (χ0) is 14.7. The lowest BCUT2D eigenvalue weighted by atomic mass is 9.77. The van der Waals surface area contributed by atoms with Gasteiger partial charge in [0.2, 0.25) is 0 Å². The summed E-state index contributed by atoms with van der Waals surface area (Å²) in [7, 11) is 0. The fourth-order valence-corrected chi connectivity index (χ4v) is 2.46. The van der Waals surface area contributed by atoms with Crippen LogP contribution in [0.5, 0.6) is 0 Å². The first-order chi connectivity index (χ1) is 9.49. The number of esters is 1. The van der Waals surface area contributed by atoms with Crippen molar-refractivity contribution in [1.82, 2.24) is 0 Å². The maximum Gasteiger partial charge on any atom is 0.338 e. The van der Waals surface area contributed by atoms with Crippen molar-refractivity contribution in [3.05, 3.63) is 39.9 Å². The maximum atomic E-state index is 12.1. The zero-order valence-electron chi connectivity index (χ0n) is 11.7. The number of nitro groups is 1. The van der Waals surface area contributed by atoms with Crippen LogP contribution in [0.1, 0.15) is 43.5 Å². The minimum absolute atomic E-state index is 0.0269. The van der Waals surface area contributed by atoms with E-state index in [9.17, 15) is 14.9 Å². The van der Waals surface area contributed by atoms with Crippen LogP contribution >= 0.6 is 0 Å². The summed E-state index contributed by atoms with van der Waals surface area (Å²) >= 11 is 0. The Morgan fingerprint density at radius 1 is 1.30 bits per heavy atom. The standard InChI is InChI=1S/C15H19NO4/c1-10(2)14(11-4-3-5-11)20-15(17)12-6-8-13(9-7-12)16(18)19/h6-11,14H,3-5H2,1-2H3. The Balaban J connectivity index is 2.04. The first-order valence-electron chi connectivity index (χ1n) is 6.94. The van der Waals surface area contributed by atoms with E-state index in [0.717, 1.165) is 12.8 Å². The minimum atomic E-state index is -0.486. The van der Waals surface area contributed by atoms with Gasteiger partial charge in [-0.1, -0.05) is 20.3 Å². The fraction of sp³-hybridized carbons (Fsp3) is 0.533. The van der Waals surface area contributed by atoms with Crippen LogP contribution in [0.2, 0.25) is 0 Å². The van der Waals surface area contributed by atoms with E-state index < -0.39 is 10.9 Å². The molecule has 1 fully saturated rings. The summed E-state index contributed by atoms with van der Waals surface area (Å²) in [6.45, 7) is 4.10. The van der Waals surface area contributed by atoms with E-state index in [4.69, 9.17) is 4.74 Å². The van der Waals surface area contributed by atoms with E-state index in [0.29, 0.717) is 11.5 Å². The van der Waals surface area contributed by atoms with Gasteiger partial charge in [0.05, 0.1) is 10.5 Å². The molecule has 1 aromatic carbocycles. The van der Waals surface area contributed by atoms with E-state index >= 15 is 0 Å². The van der Waals surface area contributed by atoms with Crippen molar-refractivity contribution in [3.8, 4) is 0 Å². The number of carbonyl (C=O) groups excluding carboxylic acids is 1. The Morgan fingerprint density at radius 2 is 1.90 bits per heavy atom. The highest BCUT2D eigenvalue weighted by Gasteiger charge is 2.32. The predicted molar refractivity (Wildman–Crippen MR) is 74.5 cm³/mol. The van der Waals surface area contributed by atoms with Crippen molar-refractivity contribution < 1.29 is 14.5 Å². The number of ether oxygens (including phenoxy) is 1. The number of nitro benzene ring substituents is 1. The number of carbonyl (C=O) groups is 1. The summed E-state index contributed by atoms with van der Waals surface area (Å²) in [5.74, 6) is 0.338. The van der Waals surface area contributed by atoms with Crippen LogP contribution in [0.25, 0.3) is 0 Å². The third-order valence-corrected chi connectivity index (χ3v) is 3.83. The molecular formula is C15H19NO4. The van der Waals surface area contributed by atoms with E-state index in [1.807, 2.05) is 13.8 Å². The van der Waals surface area contributed by atoms with Gasteiger partial charge in [0.25, 0.3) is 5.69 Å². The van der Waals surface area contributed by atoms with Crippen LogP contribution in [-0.4, -0.2) is 17.0 Å². The molecule has 0 N–H and O–H groups in total. The molecule has 5 heteroatoms. The average Bonchev–Trinajstić information content (AvgIpc) is 2.35. The average molecular weight is 277 g/mol. The van der Waals surface area contributed by atoms with Crippen LogP contribution in [0.3, 0.4) is 0 Å². The van der Waals surface area contributed by atoms with E-state index in [1.165, 1.54) is 30.7 Å². The molecule has 0 amide bonds. The molecule has 20 heavy (non-hydrogen) atoms. The van der Waals surface area contributed by atoms with Gasteiger partial charge in [-0.15, -0.1) is 0 Å².